The number of aromatic hydroxyl groups is 1. The van der Waals surface area contributed by atoms with Crippen LogP contribution in [0.15, 0.2) is 90.2 Å². The first-order valence-electron chi connectivity index (χ1n) is 11.9. The van der Waals surface area contributed by atoms with Crippen molar-refractivity contribution in [2.75, 3.05) is 0 Å². The van der Waals surface area contributed by atoms with Gasteiger partial charge < -0.3 is 23.7 Å². The van der Waals surface area contributed by atoms with Crippen molar-refractivity contribution in [1.82, 2.24) is 24.1 Å². The molecule has 0 unspecified atom stereocenters. The van der Waals surface area contributed by atoms with Gasteiger partial charge in [-0.2, -0.15) is 0 Å². The summed E-state index contributed by atoms with van der Waals surface area (Å²) in [5.74, 6) is 2.88. The number of aromatic nitrogens is 5. The van der Waals surface area contributed by atoms with Crippen molar-refractivity contribution in [3.8, 4) is 28.8 Å². The molecule has 9 nitrogen and oxygen atoms in total. The van der Waals surface area contributed by atoms with Gasteiger partial charge in [0, 0.05) is 37.6 Å². The number of aromatic amines is 1. The molecular weight excluding hydrogens is 502 g/mol. The number of hydrogen-bond donors (Lipinski definition) is 2. The molecule has 0 radical (unpaired) electrons. The van der Waals surface area contributed by atoms with Crippen molar-refractivity contribution in [2.24, 2.45) is 7.05 Å². The predicted octanol–water partition coefficient (Wildman–Crippen LogP) is 5.18. The number of aryl methyl sites for hydroxylation is 1. The quantitative estimate of drug-likeness (QED) is 0.284. The summed E-state index contributed by atoms with van der Waals surface area (Å²) < 4.78 is 16.0. The molecule has 0 saturated carbocycles. The second-order valence-electron chi connectivity index (χ2n) is 8.70. The summed E-state index contributed by atoms with van der Waals surface area (Å²) in [6.07, 6.45) is 5.87. The van der Waals surface area contributed by atoms with E-state index in [4.69, 9.17) is 14.5 Å². The van der Waals surface area contributed by atoms with E-state index >= 15 is 0 Å². The number of hydrogen-bond acceptors (Lipinski definition) is 7. The zero-order valence-corrected chi connectivity index (χ0v) is 21.2. The van der Waals surface area contributed by atoms with E-state index in [9.17, 15) is 9.90 Å². The number of fused-ring (bicyclic) bond motifs is 1. The van der Waals surface area contributed by atoms with Crippen molar-refractivity contribution in [3.05, 3.63) is 111 Å². The molecule has 3 aromatic carbocycles. The van der Waals surface area contributed by atoms with Crippen molar-refractivity contribution in [2.45, 2.75) is 13.0 Å². The van der Waals surface area contributed by atoms with Crippen LogP contribution in [0, 0.1) is 0 Å². The van der Waals surface area contributed by atoms with E-state index in [0.717, 1.165) is 50.9 Å². The van der Waals surface area contributed by atoms with Gasteiger partial charge >= 0.3 is 4.87 Å². The molecule has 6 rings (SSSR count). The maximum Gasteiger partial charge on any atom is 0.307 e. The Balaban J connectivity index is 1.11. The number of imidazole rings is 2. The molecule has 0 atom stereocenters. The van der Waals surface area contributed by atoms with Gasteiger partial charge in [-0.05, 0) is 54.1 Å². The lowest BCUT2D eigenvalue weighted by molar-refractivity contribution is 0.292. The highest BCUT2D eigenvalue weighted by Crippen LogP contribution is 2.27. The molecular formula is C28H23N5O4S. The SMILES string of the molecule is Cn1c(COc2ccc(Cc3sc(=O)[nH]c3O)cc2)nc2ccc(Oc3ccc(-n4ccnc4)cc3)cc21. The number of benzene rings is 3. The van der Waals surface area contributed by atoms with Gasteiger partial charge in [0.25, 0.3) is 0 Å². The smallest absolute Gasteiger partial charge is 0.307 e. The monoisotopic (exact) mass is 525 g/mol. The van der Waals surface area contributed by atoms with Gasteiger partial charge in [-0.3, -0.25) is 9.78 Å². The first kappa shape index (κ1) is 23.6. The summed E-state index contributed by atoms with van der Waals surface area (Å²) in [6, 6.07) is 21.2. The first-order valence-corrected chi connectivity index (χ1v) is 12.7. The van der Waals surface area contributed by atoms with Crippen LogP contribution < -0.4 is 14.3 Å². The van der Waals surface area contributed by atoms with Gasteiger partial charge in [-0.1, -0.05) is 23.5 Å². The Labute approximate surface area is 221 Å². The summed E-state index contributed by atoms with van der Waals surface area (Å²) in [4.78, 5) is 22.9. The van der Waals surface area contributed by atoms with Crippen LogP contribution in [0.25, 0.3) is 16.7 Å². The normalized spacial score (nSPS) is 11.2. The molecule has 0 spiro atoms. The Morgan fingerprint density at radius 3 is 2.47 bits per heavy atom. The lowest BCUT2D eigenvalue weighted by Gasteiger charge is -2.09. The highest BCUT2D eigenvalue weighted by molar-refractivity contribution is 7.09. The number of nitrogens with zero attached hydrogens (tertiary/aromatic N) is 4. The third-order valence-electron chi connectivity index (χ3n) is 6.18. The maximum absolute atomic E-state index is 11.4. The number of thiazole rings is 1. The Kier molecular flexibility index (Phi) is 6.14. The lowest BCUT2D eigenvalue weighted by atomic mass is 10.1. The standard InChI is InChI=1S/C28H23N5O4S/c1-32-24-15-22(37-21-8-4-19(5-9-21)33-13-12-29-17-33)10-11-23(24)30-26(32)16-36-20-6-2-18(3-7-20)14-25-27(34)31-28(35)38-25/h2-13,15,17,34H,14,16H2,1H3,(H,31,35). The largest absolute Gasteiger partial charge is 0.494 e. The molecule has 0 bridgehead atoms. The molecule has 0 amide bonds. The molecule has 6 aromatic rings. The van der Waals surface area contributed by atoms with Gasteiger partial charge in [0.15, 0.2) is 0 Å². The second-order valence-corrected chi connectivity index (χ2v) is 9.77. The predicted molar refractivity (Wildman–Crippen MR) is 145 cm³/mol. The zero-order valence-electron chi connectivity index (χ0n) is 20.4. The lowest BCUT2D eigenvalue weighted by Crippen LogP contribution is -2.03. The Hall–Kier alpha value is -4.83. The fourth-order valence-electron chi connectivity index (χ4n) is 4.16. The van der Waals surface area contributed by atoms with E-state index in [2.05, 4.69) is 9.97 Å². The van der Waals surface area contributed by atoms with Crippen molar-refractivity contribution >= 4 is 22.4 Å². The number of H-pyrrole nitrogens is 1. The molecule has 0 aliphatic rings. The number of ether oxygens (including phenoxy) is 2. The van der Waals surface area contributed by atoms with E-state index in [0.29, 0.717) is 23.7 Å². The van der Waals surface area contributed by atoms with Crippen molar-refractivity contribution < 1.29 is 14.6 Å². The van der Waals surface area contributed by atoms with E-state index in [-0.39, 0.29) is 10.8 Å². The van der Waals surface area contributed by atoms with E-state index in [1.54, 1.807) is 12.5 Å². The minimum atomic E-state index is -0.265. The van der Waals surface area contributed by atoms with Crippen LogP contribution in [0.2, 0.25) is 0 Å². The summed E-state index contributed by atoms with van der Waals surface area (Å²) in [5, 5.41) is 9.79. The fourth-order valence-corrected chi connectivity index (χ4v) is 4.91. The Morgan fingerprint density at radius 1 is 1.00 bits per heavy atom. The molecule has 0 aliphatic heterocycles. The minimum Gasteiger partial charge on any atom is -0.494 e. The molecule has 2 N–H and O–H groups in total. The highest BCUT2D eigenvalue weighted by Gasteiger charge is 2.11. The van der Waals surface area contributed by atoms with Crippen LogP contribution in [0.3, 0.4) is 0 Å². The maximum atomic E-state index is 11.4. The second kappa shape index (κ2) is 9.91. The van der Waals surface area contributed by atoms with E-state index in [1.807, 2.05) is 89.1 Å². The third kappa shape index (κ3) is 4.89. The molecule has 0 fully saturated rings. The van der Waals surface area contributed by atoms with Crippen LogP contribution in [0.1, 0.15) is 16.3 Å². The van der Waals surface area contributed by atoms with Gasteiger partial charge in [0.2, 0.25) is 5.88 Å². The zero-order chi connectivity index (χ0) is 26.1. The number of rotatable bonds is 8. The molecule has 10 heteroatoms. The van der Waals surface area contributed by atoms with E-state index < -0.39 is 0 Å². The van der Waals surface area contributed by atoms with Crippen LogP contribution >= 0.6 is 11.3 Å². The molecule has 3 aromatic heterocycles. The fraction of sp³-hybridized carbons (Fsp3) is 0.107. The molecule has 0 saturated heterocycles. The molecule has 0 aliphatic carbocycles. The summed E-state index contributed by atoms with van der Waals surface area (Å²) in [6.45, 7) is 0.302. The first-order chi connectivity index (χ1) is 18.5. The van der Waals surface area contributed by atoms with Crippen LogP contribution in [-0.4, -0.2) is 29.2 Å². The average Bonchev–Trinajstić information content (AvgIpc) is 3.64. The molecule has 3 heterocycles. The van der Waals surface area contributed by atoms with Gasteiger partial charge in [-0.15, -0.1) is 0 Å². The summed E-state index contributed by atoms with van der Waals surface area (Å²) in [7, 11) is 1.95. The van der Waals surface area contributed by atoms with Gasteiger partial charge in [0.05, 0.1) is 22.2 Å². The van der Waals surface area contributed by atoms with Gasteiger partial charge in [0.1, 0.15) is 29.7 Å². The third-order valence-corrected chi connectivity index (χ3v) is 7.05. The van der Waals surface area contributed by atoms with Gasteiger partial charge in [-0.25, -0.2) is 9.97 Å². The topological polar surface area (TPSA) is 107 Å². The van der Waals surface area contributed by atoms with Crippen LogP contribution in [0.5, 0.6) is 23.1 Å². The van der Waals surface area contributed by atoms with Crippen molar-refractivity contribution in [3.63, 3.8) is 0 Å². The molecule has 38 heavy (non-hydrogen) atoms. The minimum absolute atomic E-state index is 0.0701. The van der Waals surface area contributed by atoms with Crippen molar-refractivity contribution in [1.29, 1.82) is 0 Å². The van der Waals surface area contributed by atoms with Crippen LogP contribution in [0.4, 0.5) is 0 Å². The highest BCUT2D eigenvalue weighted by atomic mass is 32.1. The van der Waals surface area contributed by atoms with Crippen LogP contribution in [-0.2, 0) is 20.1 Å². The summed E-state index contributed by atoms with van der Waals surface area (Å²) in [5.41, 5.74) is 3.77. The van der Waals surface area contributed by atoms with E-state index in [1.165, 1.54) is 0 Å². The number of nitrogens with one attached hydrogen (secondary N) is 1. The Bertz CT molecular complexity index is 1750. The Morgan fingerprint density at radius 2 is 1.76 bits per heavy atom. The molecule has 190 valence electrons. The summed E-state index contributed by atoms with van der Waals surface area (Å²) >= 11 is 1.01. The average molecular weight is 526 g/mol.